The Morgan fingerprint density at radius 3 is 2.71 bits per heavy atom. The third-order valence-corrected chi connectivity index (χ3v) is 9.29. The summed E-state index contributed by atoms with van der Waals surface area (Å²) in [5.41, 5.74) is 7.18. The molecule has 0 spiro atoms. The molecule has 4 aromatic rings. The SMILES string of the molecule is Cc1c(C2CCN(C(=O)[C@@H]3CCCN3)CC2)sc2[nH]c(-c3cc(C)c4ncnn4c3)c(C(C)C)c12. The number of nitrogens with zero attached hydrogens (tertiary/aromatic N) is 4. The van der Waals surface area contributed by atoms with Crippen LogP contribution < -0.4 is 5.32 Å². The van der Waals surface area contributed by atoms with E-state index in [4.69, 9.17) is 0 Å². The zero-order valence-electron chi connectivity index (χ0n) is 21.0. The Morgan fingerprint density at radius 1 is 1.20 bits per heavy atom. The van der Waals surface area contributed by atoms with Gasteiger partial charge in [0, 0.05) is 35.1 Å². The molecule has 7 nitrogen and oxygen atoms in total. The molecule has 0 aromatic carbocycles. The Morgan fingerprint density at radius 2 is 2.00 bits per heavy atom. The van der Waals surface area contributed by atoms with Gasteiger partial charge < -0.3 is 15.2 Å². The normalized spacial score (nSPS) is 19.6. The largest absolute Gasteiger partial charge is 0.346 e. The van der Waals surface area contributed by atoms with Crippen LogP contribution in [-0.2, 0) is 4.79 Å². The highest BCUT2D eigenvalue weighted by atomic mass is 32.1. The number of fused-ring (bicyclic) bond motifs is 2. The highest BCUT2D eigenvalue weighted by molar-refractivity contribution is 7.19. The van der Waals surface area contributed by atoms with Gasteiger partial charge in [0.15, 0.2) is 5.65 Å². The van der Waals surface area contributed by atoms with Gasteiger partial charge in [-0.1, -0.05) is 13.8 Å². The van der Waals surface area contributed by atoms with E-state index in [0.29, 0.717) is 17.7 Å². The first-order valence-corrected chi connectivity index (χ1v) is 13.7. The van der Waals surface area contributed by atoms with E-state index in [1.807, 2.05) is 15.9 Å². The minimum Gasteiger partial charge on any atom is -0.346 e. The van der Waals surface area contributed by atoms with Crippen LogP contribution in [0.2, 0.25) is 0 Å². The van der Waals surface area contributed by atoms with Crippen molar-refractivity contribution in [1.29, 1.82) is 0 Å². The fourth-order valence-corrected chi connectivity index (χ4v) is 7.55. The Bertz CT molecular complexity index is 1400. The molecule has 2 aliphatic rings. The molecule has 1 amide bonds. The topological polar surface area (TPSA) is 78.3 Å². The second kappa shape index (κ2) is 8.75. The molecule has 1 atom stereocenters. The van der Waals surface area contributed by atoms with Gasteiger partial charge in [0.05, 0.1) is 11.7 Å². The van der Waals surface area contributed by atoms with Gasteiger partial charge >= 0.3 is 0 Å². The molecule has 0 unspecified atom stereocenters. The van der Waals surface area contributed by atoms with Gasteiger partial charge in [-0.25, -0.2) is 9.50 Å². The first-order valence-electron chi connectivity index (χ1n) is 12.9. The fraction of sp³-hybridized carbons (Fsp3) is 0.519. The Kier molecular flexibility index (Phi) is 5.68. The summed E-state index contributed by atoms with van der Waals surface area (Å²) in [4.78, 5) is 25.9. The number of hydrogen-bond donors (Lipinski definition) is 2. The van der Waals surface area contributed by atoms with E-state index in [0.717, 1.165) is 62.1 Å². The first kappa shape index (κ1) is 22.7. The summed E-state index contributed by atoms with van der Waals surface area (Å²) in [7, 11) is 0. The number of carbonyl (C=O) groups excluding carboxylic acids is 1. The third kappa shape index (κ3) is 3.78. The van der Waals surface area contributed by atoms with E-state index in [9.17, 15) is 4.79 Å². The lowest BCUT2D eigenvalue weighted by molar-refractivity contribution is -0.134. The zero-order valence-corrected chi connectivity index (χ0v) is 21.8. The van der Waals surface area contributed by atoms with Crippen molar-refractivity contribution in [2.24, 2.45) is 0 Å². The van der Waals surface area contributed by atoms with Crippen LogP contribution in [0.3, 0.4) is 0 Å². The average Bonchev–Trinajstić information content (AvgIpc) is 3.63. The van der Waals surface area contributed by atoms with Crippen LogP contribution in [-0.4, -0.2) is 56.1 Å². The Balaban J connectivity index is 1.31. The van der Waals surface area contributed by atoms with Crippen LogP contribution in [0.1, 0.15) is 72.9 Å². The summed E-state index contributed by atoms with van der Waals surface area (Å²) in [6.07, 6.45) is 7.89. The quantitative estimate of drug-likeness (QED) is 0.415. The number of amides is 1. The molecule has 2 fully saturated rings. The van der Waals surface area contributed by atoms with Crippen LogP contribution in [0.25, 0.3) is 27.1 Å². The number of carbonyl (C=O) groups is 1. The molecule has 6 rings (SSSR count). The minimum atomic E-state index is 0.0422. The van der Waals surface area contributed by atoms with Gasteiger partial charge in [-0.3, -0.25) is 4.79 Å². The predicted molar refractivity (Wildman–Crippen MR) is 141 cm³/mol. The van der Waals surface area contributed by atoms with Crippen LogP contribution >= 0.6 is 11.3 Å². The summed E-state index contributed by atoms with van der Waals surface area (Å²) < 4.78 is 1.87. The fourth-order valence-electron chi connectivity index (χ4n) is 6.15. The average molecular weight is 491 g/mol. The minimum absolute atomic E-state index is 0.0422. The van der Waals surface area contributed by atoms with E-state index in [2.05, 4.69) is 65.2 Å². The van der Waals surface area contributed by atoms with Gasteiger partial charge in [0.1, 0.15) is 11.2 Å². The van der Waals surface area contributed by atoms with Crippen molar-refractivity contribution >= 4 is 33.1 Å². The van der Waals surface area contributed by atoms with Gasteiger partial charge in [-0.2, -0.15) is 5.10 Å². The van der Waals surface area contributed by atoms with Crippen molar-refractivity contribution in [1.82, 2.24) is 29.8 Å². The lowest BCUT2D eigenvalue weighted by Gasteiger charge is -2.33. The highest BCUT2D eigenvalue weighted by Gasteiger charge is 2.32. The summed E-state index contributed by atoms with van der Waals surface area (Å²) in [5.74, 6) is 1.23. The molecule has 6 heterocycles. The summed E-state index contributed by atoms with van der Waals surface area (Å²) in [6.45, 7) is 11.7. The van der Waals surface area contributed by atoms with Crippen molar-refractivity contribution < 1.29 is 4.79 Å². The number of nitrogens with one attached hydrogen (secondary N) is 2. The number of likely N-dealkylation sites (tertiary alicyclic amines) is 1. The molecule has 184 valence electrons. The Hall–Kier alpha value is -2.71. The van der Waals surface area contributed by atoms with Crippen LogP contribution in [0.5, 0.6) is 0 Å². The second-order valence-electron chi connectivity index (χ2n) is 10.6. The zero-order chi connectivity index (χ0) is 24.3. The molecule has 4 aromatic heterocycles. The van der Waals surface area contributed by atoms with Crippen molar-refractivity contribution in [3.63, 3.8) is 0 Å². The number of hydrogen-bond acceptors (Lipinski definition) is 5. The number of aryl methyl sites for hydroxylation is 2. The van der Waals surface area contributed by atoms with E-state index in [-0.39, 0.29) is 6.04 Å². The van der Waals surface area contributed by atoms with E-state index < -0.39 is 0 Å². The molecule has 0 aliphatic carbocycles. The van der Waals surface area contributed by atoms with E-state index >= 15 is 0 Å². The standard InChI is InChI=1S/C27H34N6OS/c1-15(2)21-22-17(4)24(18-7-10-32(11-8-18)27(34)20-6-5-9-28-20)35-26(22)31-23(21)19-12-16(3)25-29-14-30-33(25)13-19/h12-15,18,20,28,31H,5-11H2,1-4H3/t20-/m0/s1. The molecule has 0 radical (unpaired) electrons. The lowest BCUT2D eigenvalue weighted by Crippen LogP contribution is -2.46. The second-order valence-corrected chi connectivity index (χ2v) is 11.6. The van der Waals surface area contributed by atoms with Crippen molar-refractivity contribution in [3.8, 4) is 11.3 Å². The van der Waals surface area contributed by atoms with E-state index in [1.165, 1.54) is 31.9 Å². The molecule has 8 heteroatoms. The van der Waals surface area contributed by atoms with Crippen LogP contribution in [0.15, 0.2) is 18.6 Å². The Labute approximate surface area is 209 Å². The number of rotatable bonds is 4. The van der Waals surface area contributed by atoms with Gasteiger partial charge in [0.2, 0.25) is 5.91 Å². The van der Waals surface area contributed by atoms with Gasteiger partial charge in [-0.05, 0) is 80.7 Å². The molecule has 2 N–H and O–H groups in total. The number of aromatic nitrogens is 4. The van der Waals surface area contributed by atoms with E-state index in [1.54, 1.807) is 6.33 Å². The van der Waals surface area contributed by atoms with Gasteiger partial charge in [-0.15, -0.1) is 11.3 Å². The summed E-state index contributed by atoms with van der Waals surface area (Å²) in [5, 5.41) is 9.13. The van der Waals surface area contributed by atoms with Crippen molar-refractivity contribution in [3.05, 3.63) is 40.2 Å². The summed E-state index contributed by atoms with van der Waals surface area (Å²) >= 11 is 1.92. The monoisotopic (exact) mass is 490 g/mol. The molecular formula is C27H34N6OS. The molecule has 2 aliphatic heterocycles. The molecule has 0 bridgehead atoms. The first-order chi connectivity index (χ1) is 16.9. The van der Waals surface area contributed by atoms with Gasteiger partial charge in [0.25, 0.3) is 0 Å². The van der Waals surface area contributed by atoms with Crippen LogP contribution in [0, 0.1) is 13.8 Å². The molecular weight excluding hydrogens is 456 g/mol. The number of pyridine rings is 1. The number of aromatic amines is 1. The number of H-pyrrole nitrogens is 1. The third-order valence-electron chi connectivity index (χ3n) is 7.92. The maximum atomic E-state index is 12.8. The lowest BCUT2D eigenvalue weighted by atomic mass is 9.90. The highest BCUT2D eigenvalue weighted by Crippen LogP contribution is 2.46. The number of thiophene rings is 1. The molecule has 35 heavy (non-hydrogen) atoms. The molecule has 2 saturated heterocycles. The van der Waals surface area contributed by atoms with Crippen molar-refractivity contribution in [2.45, 2.75) is 71.3 Å². The summed E-state index contributed by atoms with van der Waals surface area (Å²) in [6, 6.07) is 2.26. The maximum absolute atomic E-state index is 12.8. The predicted octanol–water partition coefficient (Wildman–Crippen LogP) is 5.14. The smallest absolute Gasteiger partial charge is 0.239 e. The molecule has 0 saturated carbocycles. The number of piperidine rings is 1. The maximum Gasteiger partial charge on any atom is 0.239 e. The van der Waals surface area contributed by atoms with Crippen LogP contribution in [0.4, 0.5) is 0 Å². The van der Waals surface area contributed by atoms with Crippen molar-refractivity contribution in [2.75, 3.05) is 19.6 Å².